The number of pyridine rings is 1. The number of esters is 1. The smallest absolute Gasteiger partial charge is 0.313 e. The van der Waals surface area contributed by atoms with Crippen LogP contribution in [0, 0.1) is 5.41 Å². The fraction of sp³-hybridized carbons (Fsp3) is 0.571. The molecular weight excluding hydrogens is 228 g/mol. The summed E-state index contributed by atoms with van der Waals surface area (Å²) in [6.07, 6.45) is 6.17. The summed E-state index contributed by atoms with van der Waals surface area (Å²) < 4.78 is 5.26. The zero-order valence-corrected chi connectivity index (χ0v) is 10.8. The molecule has 0 unspecified atom stereocenters. The summed E-state index contributed by atoms with van der Waals surface area (Å²) in [6.45, 7) is 3.98. The topological polar surface area (TPSA) is 51.2 Å². The normalized spacial score (nSPS) is 23.6. The summed E-state index contributed by atoms with van der Waals surface area (Å²) in [6, 6.07) is 3.94. The van der Waals surface area contributed by atoms with Crippen molar-refractivity contribution in [1.29, 1.82) is 0 Å². The van der Waals surface area contributed by atoms with Gasteiger partial charge in [-0.05, 0) is 50.4 Å². The lowest BCUT2D eigenvalue weighted by molar-refractivity contribution is -0.156. The first kappa shape index (κ1) is 13.0. The van der Waals surface area contributed by atoms with E-state index in [1.165, 1.54) is 0 Å². The van der Waals surface area contributed by atoms with Crippen LogP contribution in [0.4, 0.5) is 0 Å². The van der Waals surface area contributed by atoms with E-state index in [0.717, 1.165) is 31.4 Å². The molecule has 1 aliphatic heterocycles. The zero-order chi connectivity index (χ0) is 12.8. The lowest BCUT2D eigenvalue weighted by atomic mass is 9.76. The van der Waals surface area contributed by atoms with E-state index < -0.39 is 5.41 Å². The second-order valence-electron chi connectivity index (χ2n) is 4.81. The van der Waals surface area contributed by atoms with Gasteiger partial charge in [0, 0.05) is 18.9 Å². The Labute approximate surface area is 108 Å². The second kappa shape index (κ2) is 5.96. The van der Waals surface area contributed by atoms with E-state index >= 15 is 0 Å². The van der Waals surface area contributed by atoms with Gasteiger partial charge in [0.2, 0.25) is 0 Å². The van der Waals surface area contributed by atoms with Gasteiger partial charge < -0.3 is 10.1 Å². The predicted molar refractivity (Wildman–Crippen MR) is 69.1 cm³/mol. The third-order valence-electron chi connectivity index (χ3n) is 3.47. The Balaban J connectivity index is 2.16. The Hall–Kier alpha value is -1.42. The Morgan fingerprint density at radius 1 is 1.50 bits per heavy atom. The molecule has 1 saturated heterocycles. The minimum absolute atomic E-state index is 0.0750. The van der Waals surface area contributed by atoms with Gasteiger partial charge in [0.1, 0.15) is 0 Å². The van der Waals surface area contributed by atoms with Gasteiger partial charge in [0.25, 0.3) is 0 Å². The molecule has 1 aromatic rings. The largest absolute Gasteiger partial charge is 0.466 e. The Morgan fingerprint density at radius 2 is 2.28 bits per heavy atom. The predicted octanol–water partition coefficient (Wildman–Crippen LogP) is 1.56. The molecule has 0 radical (unpaired) electrons. The van der Waals surface area contributed by atoms with Gasteiger partial charge in [0.05, 0.1) is 12.0 Å². The van der Waals surface area contributed by atoms with Crippen LogP contribution in [0.2, 0.25) is 0 Å². The van der Waals surface area contributed by atoms with E-state index in [0.29, 0.717) is 13.2 Å². The molecule has 0 saturated carbocycles. The maximum atomic E-state index is 12.2. The van der Waals surface area contributed by atoms with Crippen molar-refractivity contribution in [3.63, 3.8) is 0 Å². The molecule has 4 nitrogen and oxygen atoms in total. The Morgan fingerprint density at radius 3 is 2.89 bits per heavy atom. The van der Waals surface area contributed by atoms with Crippen LogP contribution >= 0.6 is 0 Å². The molecular formula is C14H20N2O2. The monoisotopic (exact) mass is 248 g/mol. The van der Waals surface area contributed by atoms with Gasteiger partial charge in [-0.25, -0.2) is 0 Å². The van der Waals surface area contributed by atoms with Crippen LogP contribution in [0.3, 0.4) is 0 Å². The average molecular weight is 248 g/mol. The molecule has 1 N–H and O–H groups in total. The van der Waals surface area contributed by atoms with Crippen LogP contribution in [0.1, 0.15) is 25.3 Å². The van der Waals surface area contributed by atoms with Gasteiger partial charge in [0.15, 0.2) is 0 Å². The summed E-state index contributed by atoms with van der Waals surface area (Å²) in [5.41, 5.74) is 0.733. The van der Waals surface area contributed by atoms with E-state index in [9.17, 15) is 4.79 Å². The van der Waals surface area contributed by atoms with Gasteiger partial charge >= 0.3 is 5.97 Å². The number of aromatic nitrogens is 1. The molecule has 2 heterocycles. The Kier molecular flexibility index (Phi) is 4.31. The van der Waals surface area contributed by atoms with Crippen LogP contribution < -0.4 is 5.32 Å². The van der Waals surface area contributed by atoms with Crippen LogP contribution in [0.5, 0.6) is 0 Å². The molecule has 0 amide bonds. The van der Waals surface area contributed by atoms with E-state index in [1.807, 2.05) is 19.1 Å². The SMILES string of the molecule is CCOC(=O)[C@@]1(Cc2ccncc2)CCCNC1. The minimum atomic E-state index is -0.407. The van der Waals surface area contributed by atoms with Crippen molar-refractivity contribution >= 4 is 5.97 Å². The molecule has 0 bridgehead atoms. The van der Waals surface area contributed by atoms with Crippen molar-refractivity contribution in [3.05, 3.63) is 30.1 Å². The first-order chi connectivity index (χ1) is 8.77. The van der Waals surface area contributed by atoms with E-state index in [4.69, 9.17) is 4.74 Å². The lowest BCUT2D eigenvalue weighted by Crippen LogP contribution is -2.47. The first-order valence-electron chi connectivity index (χ1n) is 6.54. The molecule has 1 atom stereocenters. The van der Waals surface area contributed by atoms with Crippen LogP contribution in [0.15, 0.2) is 24.5 Å². The van der Waals surface area contributed by atoms with Crippen molar-refractivity contribution in [3.8, 4) is 0 Å². The summed E-state index contributed by atoms with van der Waals surface area (Å²) >= 11 is 0. The number of rotatable bonds is 4. The molecule has 1 aromatic heterocycles. The van der Waals surface area contributed by atoms with E-state index in [2.05, 4.69) is 10.3 Å². The summed E-state index contributed by atoms with van der Waals surface area (Å²) in [4.78, 5) is 16.3. The standard InChI is InChI=1S/C14H20N2O2/c1-2-18-13(17)14(6-3-7-16-11-14)10-12-4-8-15-9-5-12/h4-5,8-9,16H,2-3,6-7,10-11H2,1H3/t14-/m1/s1. The number of nitrogens with one attached hydrogen (secondary N) is 1. The Bertz CT molecular complexity index is 386. The maximum Gasteiger partial charge on any atom is 0.313 e. The number of nitrogens with zero attached hydrogens (tertiary/aromatic N) is 1. The third-order valence-corrected chi connectivity index (χ3v) is 3.47. The lowest BCUT2D eigenvalue weighted by Gasteiger charge is -2.35. The van der Waals surface area contributed by atoms with Crippen LogP contribution in [0.25, 0.3) is 0 Å². The number of carbonyl (C=O) groups is 1. The van der Waals surface area contributed by atoms with Crippen LogP contribution in [-0.4, -0.2) is 30.6 Å². The fourth-order valence-electron chi connectivity index (χ4n) is 2.54. The number of ether oxygens (including phenoxy) is 1. The van der Waals surface area contributed by atoms with Gasteiger partial charge in [-0.15, -0.1) is 0 Å². The van der Waals surface area contributed by atoms with Gasteiger partial charge in [-0.1, -0.05) is 0 Å². The van der Waals surface area contributed by atoms with Gasteiger partial charge in [-0.3, -0.25) is 9.78 Å². The highest BCUT2D eigenvalue weighted by molar-refractivity contribution is 5.77. The molecule has 0 aromatic carbocycles. The summed E-state index contributed by atoms with van der Waals surface area (Å²) in [7, 11) is 0. The minimum Gasteiger partial charge on any atom is -0.466 e. The highest BCUT2D eigenvalue weighted by Gasteiger charge is 2.40. The quantitative estimate of drug-likeness (QED) is 0.822. The van der Waals surface area contributed by atoms with Crippen molar-refractivity contribution in [1.82, 2.24) is 10.3 Å². The zero-order valence-electron chi connectivity index (χ0n) is 10.8. The average Bonchev–Trinajstić information content (AvgIpc) is 2.41. The molecule has 2 rings (SSSR count). The van der Waals surface area contributed by atoms with Gasteiger partial charge in [-0.2, -0.15) is 0 Å². The maximum absolute atomic E-state index is 12.2. The van der Waals surface area contributed by atoms with Crippen molar-refractivity contribution in [2.45, 2.75) is 26.2 Å². The highest BCUT2D eigenvalue weighted by atomic mass is 16.5. The third kappa shape index (κ3) is 2.88. The van der Waals surface area contributed by atoms with E-state index in [1.54, 1.807) is 12.4 Å². The summed E-state index contributed by atoms with van der Waals surface area (Å²) in [5.74, 6) is -0.0750. The van der Waals surface area contributed by atoms with Crippen LogP contribution in [-0.2, 0) is 16.0 Å². The van der Waals surface area contributed by atoms with Crippen molar-refractivity contribution in [2.75, 3.05) is 19.7 Å². The number of carbonyl (C=O) groups excluding carboxylic acids is 1. The molecule has 18 heavy (non-hydrogen) atoms. The molecule has 98 valence electrons. The highest BCUT2D eigenvalue weighted by Crippen LogP contribution is 2.32. The molecule has 4 heteroatoms. The number of hydrogen-bond acceptors (Lipinski definition) is 4. The molecule has 0 spiro atoms. The first-order valence-corrected chi connectivity index (χ1v) is 6.54. The molecule has 0 aliphatic carbocycles. The molecule has 1 fully saturated rings. The van der Waals surface area contributed by atoms with E-state index in [-0.39, 0.29) is 5.97 Å². The summed E-state index contributed by atoms with van der Waals surface area (Å²) in [5, 5.41) is 3.32. The number of piperidine rings is 1. The molecule has 1 aliphatic rings. The second-order valence-corrected chi connectivity index (χ2v) is 4.81. The van der Waals surface area contributed by atoms with Crippen molar-refractivity contribution in [2.24, 2.45) is 5.41 Å². The fourth-order valence-corrected chi connectivity index (χ4v) is 2.54. The number of hydrogen-bond donors (Lipinski definition) is 1. The van der Waals surface area contributed by atoms with Crippen molar-refractivity contribution < 1.29 is 9.53 Å².